The lowest BCUT2D eigenvalue weighted by Gasteiger charge is -2.31. The first-order valence-electron chi connectivity index (χ1n) is 12.8. The smallest absolute Gasteiger partial charge is 0.329 e. The molecule has 1 aliphatic rings. The van der Waals surface area contributed by atoms with Crippen molar-refractivity contribution >= 4 is 17.8 Å². The molecule has 1 aromatic heterocycles. The van der Waals surface area contributed by atoms with Crippen LogP contribution < -0.4 is 19.5 Å². The molecule has 0 aliphatic carbocycles. The van der Waals surface area contributed by atoms with Crippen LogP contribution in [0.15, 0.2) is 42.6 Å². The molecule has 4 atom stereocenters. The van der Waals surface area contributed by atoms with Crippen LogP contribution in [0.25, 0.3) is 0 Å². The average molecular weight is 545 g/mol. The van der Waals surface area contributed by atoms with E-state index in [1.807, 2.05) is 30.3 Å². The van der Waals surface area contributed by atoms with E-state index in [1.165, 1.54) is 26.3 Å². The third-order valence-corrected chi connectivity index (χ3v) is 6.36. The Morgan fingerprint density at radius 2 is 1.90 bits per heavy atom. The van der Waals surface area contributed by atoms with Crippen molar-refractivity contribution in [1.82, 2.24) is 10.3 Å². The number of aromatic nitrogens is 1. The number of para-hydroxylation sites is 1. The summed E-state index contributed by atoms with van der Waals surface area (Å²) in [6, 6.07) is 9.97. The van der Waals surface area contributed by atoms with Gasteiger partial charge in [0.15, 0.2) is 17.2 Å². The average Bonchev–Trinajstić information content (AvgIpc) is 2.97. The SMILES string of the molecule is COCCC1CCCC(NC(=O)c2nccc(OC)c2OCOC(C)=O)C(=O)OC(C)C1Oc1ccccc1. The normalized spacial score (nSPS) is 21.4. The van der Waals surface area contributed by atoms with Crippen molar-refractivity contribution in [2.45, 2.75) is 57.8 Å². The molecule has 1 amide bonds. The monoisotopic (exact) mass is 544 g/mol. The number of carbonyl (C=O) groups excluding carboxylic acids is 3. The molecule has 0 spiro atoms. The van der Waals surface area contributed by atoms with Gasteiger partial charge in [-0.3, -0.25) is 9.59 Å². The number of esters is 2. The Balaban J connectivity index is 1.78. The van der Waals surface area contributed by atoms with Crippen LogP contribution in [0.3, 0.4) is 0 Å². The van der Waals surface area contributed by atoms with Crippen molar-refractivity contribution in [1.29, 1.82) is 0 Å². The van der Waals surface area contributed by atoms with Gasteiger partial charge in [-0.2, -0.15) is 0 Å². The summed E-state index contributed by atoms with van der Waals surface area (Å²) in [6.07, 6.45) is 2.84. The Kier molecular flexibility index (Phi) is 11.4. The Morgan fingerprint density at radius 1 is 1.13 bits per heavy atom. The zero-order chi connectivity index (χ0) is 28.2. The van der Waals surface area contributed by atoms with Gasteiger partial charge in [-0.15, -0.1) is 0 Å². The summed E-state index contributed by atoms with van der Waals surface area (Å²) in [5.41, 5.74) is -0.120. The molecule has 11 heteroatoms. The molecule has 0 radical (unpaired) electrons. The van der Waals surface area contributed by atoms with Gasteiger partial charge in [-0.25, -0.2) is 9.78 Å². The molecular weight excluding hydrogens is 508 g/mol. The van der Waals surface area contributed by atoms with Gasteiger partial charge >= 0.3 is 11.9 Å². The lowest BCUT2D eigenvalue weighted by atomic mass is 9.89. The Bertz CT molecular complexity index is 1100. The van der Waals surface area contributed by atoms with Crippen LogP contribution in [0.4, 0.5) is 0 Å². The number of hydrogen-bond donors (Lipinski definition) is 1. The van der Waals surface area contributed by atoms with E-state index in [2.05, 4.69) is 10.3 Å². The maximum absolute atomic E-state index is 13.3. The van der Waals surface area contributed by atoms with Gasteiger partial charge in [0.1, 0.15) is 24.0 Å². The highest BCUT2D eigenvalue weighted by Crippen LogP contribution is 2.31. The quantitative estimate of drug-likeness (QED) is 0.332. The number of pyridine rings is 1. The number of ether oxygens (including phenoxy) is 6. The van der Waals surface area contributed by atoms with E-state index in [0.29, 0.717) is 25.2 Å². The van der Waals surface area contributed by atoms with Crippen molar-refractivity contribution in [3.8, 4) is 17.2 Å². The minimum absolute atomic E-state index is 0.0143. The highest BCUT2D eigenvalue weighted by atomic mass is 16.7. The third kappa shape index (κ3) is 8.57. The van der Waals surface area contributed by atoms with Gasteiger partial charge in [0, 0.05) is 38.8 Å². The fourth-order valence-corrected chi connectivity index (χ4v) is 4.43. The molecule has 1 N–H and O–H groups in total. The van der Waals surface area contributed by atoms with Gasteiger partial charge in [-0.05, 0) is 38.3 Å². The fourth-order valence-electron chi connectivity index (χ4n) is 4.43. The van der Waals surface area contributed by atoms with Crippen molar-refractivity contribution in [2.24, 2.45) is 5.92 Å². The standard InChI is InChI=1S/C28H36N2O9/c1-18-25(39-21-10-6-5-7-11-21)20(14-16-34-3)9-8-12-22(28(33)38-18)30-27(32)24-26(37-17-36-19(2)31)23(35-4)13-15-29-24/h5-7,10-11,13,15,18,20,22,25H,8-9,12,14,16-17H2,1-4H3,(H,30,32). The molecule has 1 fully saturated rings. The lowest BCUT2D eigenvalue weighted by molar-refractivity contribution is -0.156. The molecule has 4 unspecified atom stereocenters. The lowest BCUT2D eigenvalue weighted by Crippen LogP contribution is -2.45. The summed E-state index contributed by atoms with van der Waals surface area (Å²) in [5.74, 6) is -0.839. The second kappa shape index (κ2) is 14.9. The molecule has 1 aliphatic heterocycles. The van der Waals surface area contributed by atoms with E-state index < -0.39 is 42.9 Å². The Morgan fingerprint density at radius 3 is 2.59 bits per heavy atom. The summed E-state index contributed by atoms with van der Waals surface area (Å²) in [6.45, 7) is 3.13. The van der Waals surface area contributed by atoms with E-state index >= 15 is 0 Å². The van der Waals surface area contributed by atoms with Crippen molar-refractivity contribution in [3.05, 3.63) is 48.3 Å². The molecule has 2 aromatic rings. The van der Waals surface area contributed by atoms with Gasteiger partial charge < -0.3 is 33.7 Å². The second-order valence-electron chi connectivity index (χ2n) is 9.13. The molecule has 212 valence electrons. The molecule has 39 heavy (non-hydrogen) atoms. The molecule has 0 saturated carbocycles. The van der Waals surface area contributed by atoms with Crippen LogP contribution in [0.2, 0.25) is 0 Å². The van der Waals surface area contributed by atoms with Crippen LogP contribution in [-0.2, 0) is 23.8 Å². The fraction of sp³-hybridized carbons (Fsp3) is 0.500. The van der Waals surface area contributed by atoms with Gasteiger partial charge in [0.05, 0.1) is 7.11 Å². The Labute approximate surface area is 228 Å². The molecule has 0 bridgehead atoms. The Hall–Kier alpha value is -3.86. The second-order valence-corrected chi connectivity index (χ2v) is 9.13. The molecule has 1 aromatic carbocycles. The van der Waals surface area contributed by atoms with Crippen LogP contribution in [-0.4, -0.2) is 68.7 Å². The summed E-state index contributed by atoms with van der Waals surface area (Å²) in [4.78, 5) is 41.7. The molecule has 2 heterocycles. The van der Waals surface area contributed by atoms with E-state index in [0.717, 1.165) is 12.8 Å². The van der Waals surface area contributed by atoms with E-state index in [1.54, 1.807) is 14.0 Å². The van der Waals surface area contributed by atoms with Crippen LogP contribution in [0.5, 0.6) is 17.2 Å². The molecule has 1 saturated heterocycles. The van der Waals surface area contributed by atoms with Gasteiger partial charge in [0.25, 0.3) is 5.91 Å². The number of rotatable bonds is 11. The van der Waals surface area contributed by atoms with E-state index in [-0.39, 0.29) is 23.1 Å². The topological polar surface area (TPSA) is 132 Å². The molecule has 3 rings (SSSR count). The van der Waals surface area contributed by atoms with E-state index in [9.17, 15) is 14.4 Å². The number of cyclic esters (lactones) is 1. The third-order valence-electron chi connectivity index (χ3n) is 6.36. The maximum Gasteiger partial charge on any atom is 0.329 e. The highest BCUT2D eigenvalue weighted by molar-refractivity contribution is 5.98. The number of carbonyl (C=O) groups is 3. The minimum Gasteiger partial charge on any atom is -0.493 e. The van der Waals surface area contributed by atoms with Crippen LogP contribution >= 0.6 is 0 Å². The summed E-state index contributed by atoms with van der Waals surface area (Å²) >= 11 is 0. The molecule has 11 nitrogen and oxygen atoms in total. The van der Waals surface area contributed by atoms with Gasteiger partial charge in [-0.1, -0.05) is 24.6 Å². The predicted octanol–water partition coefficient (Wildman–Crippen LogP) is 3.30. The van der Waals surface area contributed by atoms with Crippen molar-refractivity contribution < 1.29 is 42.8 Å². The largest absolute Gasteiger partial charge is 0.493 e. The number of nitrogens with zero attached hydrogens (tertiary/aromatic N) is 1. The zero-order valence-electron chi connectivity index (χ0n) is 22.7. The maximum atomic E-state index is 13.3. The number of nitrogens with one attached hydrogen (secondary N) is 1. The van der Waals surface area contributed by atoms with Crippen LogP contribution in [0.1, 0.15) is 50.0 Å². The zero-order valence-corrected chi connectivity index (χ0v) is 22.7. The first-order chi connectivity index (χ1) is 18.8. The number of amides is 1. The predicted molar refractivity (Wildman–Crippen MR) is 140 cm³/mol. The summed E-state index contributed by atoms with van der Waals surface area (Å²) in [5, 5.41) is 2.73. The first kappa shape index (κ1) is 29.7. The minimum atomic E-state index is -0.923. The number of benzene rings is 1. The van der Waals surface area contributed by atoms with Crippen molar-refractivity contribution in [3.63, 3.8) is 0 Å². The summed E-state index contributed by atoms with van der Waals surface area (Å²) in [7, 11) is 3.05. The number of hydrogen-bond acceptors (Lipinski definition) is 10. The first-order valence-corrected chi connectivity index (χ1v) is 12.8. The van der Waals surface area contributed by atoms with Crippen LogP contribution in [0, 0.1) is 5.92 Å². The molecular formula is C28H36N2O9. The van der Waals surface area contributed by atoms with Crippen molar-refractivity contribution in [2.75, 3.05) is 27.6 Å². The van der Waals surface area contributed by atoms with Gasteiger partial charge in [0.2, 0.25) is 6.79 Å². The van der Waals surface area contributed by atoms with E-state index in [4.69, 9.17) is 28.4 Å². The number of methoxy groups -OCH3 is 2. The summed E-state index contributed by atoms with van der Waals surface area (Å²) < 4.78 is 33.0. The highest BCUT2D eigenvalue weighted by Gasteiger charge is 2.36.